The molecule has 0 radical (unpaired) electrons. The van der Waals surface area contributed by atoms with Crippen molar-refractivity contribution in [3.8, 4) is 11.3 Å². The van der Waals surface area contributed by atoms with Crippen LogP contribution in [0.15, 0.2) is 63.9 Å². The van der Waals surface area contributed by atoms with Crippen molar-refractivity contribution in [3.63, 3.8) is 0 Å². The van der Waals surface area contributed by atoms with Gasteiger partial charge in [-0.3, -0.25) is 9.78 Å². The molecule has 1 N–H and O–H groups in total. The van der Waals surface area contributed by atoms with Crippen LogP contribution in [0.5, 0.6) is 0 Å². The number of rotatable bonds is 3. The Hall–Kier alpha value is -2.47. The Kier molecular flexibility index (Phi) is 3.79. The molecule has 2 aromatic heterocycles. The topological polar surface area (TPSA) is 68.0 Å². The molecule has 0 saturated carbocycles. The molecule has 1 aromatic carbocycles. The van der Waals surface area contributed by atoms with E-state index in [1.807, 2.05) is 18.2 Å². The average molecular weight is 344 g/mol. The van der Waals surface area contributed by atoms with Crippen molar-refractivity contribution in [2.24, 2.45) is 0 Å². The van der Waals surface area contributed by atoms with E-state index in [0.29, 0.717) is 11.4 Å². The Balaban J connectivity index is 1.78. The van der Waals surface area contributed by atoms with Crippen LogP contribution in [-0.2, 0) is 0 Å². The number of nitrogens with zero attached hydrogens (tertiary/aromatic N) is 2. The third kappa shape index (κ3) is 3.17. The Labute approximate surface area is 129 Å². The fourth-order valence-electron chi connectivity index (χ4n) is 1.79. The molecule has 0 bridgehead atoms. The number of carbonyl (C=O) groups is 1. The maximum atomic E-state index is 12.1. The zero-order valence-corrected chi connectivity index (χ0v) is 12.4. The molecule has 0 aliphatic heterocycles. The second kappa shape index (κ2) is 5.88. The predicted molar refractivity (Wildman–Crippen MR) is 81.8 cm³/mol. The molecule has 0 aliphatic rings. The number of benzene rings is 1. The molecule has 2 heterocycles. The number of carbonyl (C=O) groups excluding carboxylic acids is 1. The summed E-state index contributed by atoms with van der Waals surface area (Å²) in [5.74, 6) is 0.175. The molecule has 104 valence electrons. The summed E-state index contributed by atoms with van der Waals surface area (Å²) in [6, 6.07) is 12.5. The second-order valence-electron chi connectivity index (χ2n) is 4.28. The first-order chi connectivity index (χ1) is 10.2. The lowest BCUT2D eigenvalue weighted by atomic mass is 10.2. The smallest absolute Gasteiger partial charge is 0.277 e. The van der Waals surface area contributed by atoms with E-state index in [1.165, 1.54) is 0 Å². The van der Waals surface area contributed by atoms with Gasteiger partial charge in [-0.05, 0) is 30.3 Å². The summed E-state index contributed by atoms with van der Waals surface area (Å²) < 4.78 is 6.06. The minimum atomic E-state index is -0.327. The van der Waals surface area contributed by atoms with Gasteiger partial charge in [-0.15, -0.1) is 0 Å². The highest BCUT2D eigenvalue weighted by atomic mass is 79.9. The fourth-order valence-corrected chi connectivity index (χ4v) is 2.19. The van der Waals surface area contributed by atoms with Crippen molar-refractivity contribution in [3.05, 3.63) is 65.0 Å². The molecule has 0 aliphatic carbocycles. The lowest BCUT2D eigenvalue weighted by Crippen LogP contribution is -2.11. The zero-order valence-electron chi connectivity index (χ0n) is 10.8. The highest BCUT2D eigenvalue weighted by molar-refractivity contribution is 9.10. The number of amides is 1. The van der Waals surface area contributed by atoms with Gasteiger partial charge in [0.2, 0.25) is 0 Å². The fraction of sp³-hybridized carbons (Fsp3) is 0. The lowest BCUT2D eigenvalue weighted by Gasteiger charge is -2.02. The van der Waals surface area contributed by atoms with Crippen LogP contribution in [-0.4, -0.2) is 16.0 Å². The molecule has 1 amide bonds. The summed E-state index contributed by atoms with van der Waals surface area (Å²) in [6.07, 6.45) is 3.32. The van der Waals surface area contributed by atoms with Gasteiger partial charge in [0.25, 0.3) is 5.91 Å². The molecular formula is C15H10BrN3O2. The summed E-state index contributed by atoms with van der Waals surface area (Å²) in [5, 5.41) is 6.54. The number of hydrogen-bond acceptors (Lipinski definition) is 4. The van der Waals surface area contributed by atoms with Crippen LogP contribution in [0.1, 0.15) is 10.5 Å². The molecule has 0 saturated heterocycles. The number of nitrogens with one attached hydrogen (secondary N) is 1. The van der Waals surface area contributed by atoms with Gasteiger partial charge >= 0.3 is 0 Å². The van der Waals surface area contributed by atoms with Gasteiger partial charge in [0.1, 0.15) is 0 Å². The van der Waals surface area contributed by atoms with Crippen LogP contribution in [0, 0.1) is 0 Å². The van der Waals surface area contributed by atoms with E-state index >= 15 is 0 Å². The van der Waals surface area contributed by atoms with Crippen LogP contribution in [0.25, 0.3) is 11.3 Å². The standard InChI is InChI=1S/C15H10BrN3O2/c16-11-4-1-5-12(7-11)18-15(20)13-8-14(21-19-13)10-3-2-6-17-9-10/h1-9H,(H,18,20). The quantitative estimate of drug-likeness (QED) is 0.786. The summed E-state index contributed by atoms with van der Waals surface area (Å²) >= 11 is 3.35. The molecule has 21 heavy (non-hydrogen) atoms. The van der Waals surface area contributed by atoms with Crippen LogP contribution < -0.4 is 5.32 Å². The van der Waals surface area contributed by atoms with Gasteiger partial charge in [-0.1, -0.05) is 27.2 Å². The maximum Gasteiger partial charge on any atom is 0.277 e. The monoisotopic (exact) mass is 343 g/mol. The van der Waals surface area contributed by atoms with Crippen molar-refractivity contribution in [1.29, 1.82) is 0 Å². The highest BCUT2D eigenvalue weighted by Gasteiger charge is 2.14. The second-order valence-corrected chi connectivity index (χ2v) is 5.20. The van der Waals surface area contributed by atoms with Crippen molar-refractivity contribution >= 4 is 27.5 Å². The number of halogens is 1. The van der Waals surface area contributed by atoms with Crippen LogP contribution in [0.4, 0.5) is 5.69 Å². The van der Waals surface area contributed by atoms with Gasteiger partial charge in [-0.25, -0.2) is 0 Å². The number of aromatic nitrogens is 2. The van der Waals surface area contributed by atoms with Crippen LogP contribution in [0.2, 0.25) is 0 Å². The molecule has 0 spiro atoms. The molecule has 5 nitrogen and oxygen atoms in total. The van der Waals surface area contributed by atoms with E-state index in [2.05, 4.69) is 31.4 Å². The van der Waals surface area contributed by atoms with Crippen molar-refractivity contribution < 1.29 is 9.32 Å². The molecule has 0 fully saturated rings. The van der Waals surface area contributed by atoms with E-state index < -0.39 is 0 Å². The van der Waals surface area contributed by atoms with Gasteiger partial charge in [-0.2, -0.15) is 0 Å². The SMILES string of the molecule is O=C(Nc1cccc(Br)c1)c1cc(-c2cccnc2)on1. The Morgan fingerprint density at radius 3 is 2.86 bits per heavy atom. The third-order valence-corrected chi connectivity index (χ3v) is 3.26. The number of anilines is 1. The van der Waals surface area contributed by atoms with Crippen LogP contribution in [0.3, 0.4) is 0 Å². The van der Waals surface area contributed by atoms with Crippen molar-refractivity contribution in [2.45, 2.75) is 0 Å². The van der Waals surface area contributed by atoms with E-state index in [-0.39, 0.29) is 11.6 Å². The van der Waals surface area contributed by atoms with E-state index in [4.69, 9.17) is 4.52 Å². The molecule has 0 unspecified atom stereocenters. The minimum absolute atomic E-state index is 0.217. The first kappa shape index (κ1) is 13.5. The van der Waals surface area contributed by atoms with Gasteiger partial charge < -0.3 is 9.84 Å². The van der Waals surface area contributed by atoms with Gasteiger partial charge in [0.05, 0.1) is 0 Å². The number of pyridine rings is 1. The Bertz CT molecular complexity index is 771. The van der Waals surface area contributed by atoms with Crippen LogP contribution >= 0.6 is 15.9 Å². The number of hydrogen-bond donors (Lipinski definition) is 1. The van der Waals surface area contributed by atoms with Gasteiger partial charge in [0.15, 0.2) is 11.5 Å². The van der Waals surface area contributed by atoms with E-state index in [9.17, 15) is 4.79 Å². The first-order valence-corrected chi connectivity index (χ1v) is 6.96. The molecule has 6 heteroatoms. The van der Waals surface area contributed by atoms with Crippen molar-refractivity contribution in [1.82, 2.24) is 10.1 Å². The molecule has 3 aromatic rings. The Morgan fingerprint density at radius 2 is 2.10 bits per heavy atom. The Morgan fingerprint density at radius 1 is 1.19 bits per heavy atom. The summed E-state index contributed by atoms with van der Waals surface area (Å²) in [4.78, 5) is 16.1. The van der Waals surface area contributed by atoms with E-state index in [0.717, 1.165) is 10.0 Å². The third-order valence-electron chi connectivity index (χ3n) is 2.77. The highest BCUT2D eigenvalue weighted by Crippen LogP contribution is 2.20. The van der Waals surface area contributed by atoms with Gasteiger partial charge in [0, 0.05) is 34.2 Å². The maximum absolute atomic E-state index is 12.1. The summed E-state index contributed by atoms with van der Waals surface area (Å²) in [5.41, 5.74) is 1.67. The molecule has 0 atom stereocenters. The minimum Gasteiger partial charge on any atom is -0.355 e. The molecule has 3 rings (SSSR count). The predicted octanol–water partition coefficient (Wildman–Crippen LogP) is 3.75. The summed E-state index contributed by atoms with van der Waals surface area (Å²) in [6.45, 7) is 0. The largest absolute Gasteiger partial charge is 0.355 e. The lowest BCUT2D eigenvalue weighted by molar-refractivity contribution is 0.101. The average Bonchev–Trinajstić information content (AvgIpc) is 2.98. The van der Waals surface area contributed by atoms with Crippen molar-refractivity contribution in [2.75, 3.05) is 5.32 Å². The molecular weight excluding hydrogens is 334 g/mol. The summed E-state index contributed by atoms with van der Waals surface area (Å²) in [7, 11) is 0. The first-order valence-electron chi connectivity index (χ1n) is 6.16. The zero-order chi connectivity index (χ0) is 14.7. The van der Waals surface area contributed by atoms with E-state index in [1.54, 1.807) is 36.7 Å². The normalized spacial score (nSPS) is 10.3.